The van der Waals surface area contributed by atoms with Crippen LogP contribution in [0.1, 0.15) is 34.2 Å². The largest absolute Gasteiger partial charge is 0.329 e. The molecule has 0 fully saturated rings. The predicted molar refractivity (Wildman–Crippen MR) is 120 cm³/mol. The molecule has 32 heavy (non-hydrogen) atoms. The number of carbonyl (C=O) groups excluding carboxylic acids is 1. The molecule has 1 aromatic carbocycles. The number of benzene rings is 1. The summed E-state index contributed by atoms with van der Waals surface area (Å²) in [6, 6.07) is 11.3. The number of nitrogens with zero attached hydrogens (tertiary/aromatic N) is 6. The van der Waals surface area contributed by atoms with Crippen molar-refractivity contribution in [1.29, 1.82) is 0 Å². The summed E-state index contributed by atoms with van der Waals surface area (Å²) in [7, 11) is 0. The SMILES string of the molecule is Cc1cn(-c2ccc3n(c2=O)CC(C)N(Cc2ccc(C)c(-n4cccn4)c2)C3=O)cn1. The first kappa shape index (κ1) is 20.0. The smallest absolute Gasteiger partial charge is 0.275 e. The highest BCUT2D eigenvalue weighted by molar-refractivity contribution is 5.93. The molecule has 8 heteroatoms. The maximum atomic E-state index is 13.3. The van der Waals surface area contributed by atoms with Crippen molar-refractivity contribution in [2.24, 2.45) is 0 Å². The average molecular weight is 428 g/mol. The fourth-order valence-electron chi connectivity index (χ4n) is 4.23. The number of fused-ring (bicyclic) bond motifs is 1. The van der Waals surface area contributed by atoms with E-state index >= 15 is 0 Å². The van der Waals surface area contributed by atoms with E-state index in [9.17, 15) is 9.59 Å². The third kappa shape index (κ3) is 3.33. The van der Waals surface area contributed by atoms with Gasteiger partial charge in [0, 0.05) is 37.7 Å². The summed E-state index contributed by atoms with van der Waals surface area (Å²) < 4.78 is 5.11. The lowest BCUT2D eigenvalue weighted by molar-refractivity contribution is 0.0590. The van der Waals surface area contributed by atoms with Crippen LogP contribution >= 0.6 is 0 Å². The second-order valence-corrected chi connectivity index (χ2v) is 8.30. The van der Waals surface area contributed by atoms with Gasteiger partial charge >= 0.3 is 0 Å². The summed E-state index contributed by atoms with van der Waals surface area (Å²) in [5.41, 5.74) is 4.66. The molecule has 4 heterocycles. The topological polar surface area (TPSA) is 78.0 Å². The van der Waals surface area contributed by atoms with Crippen LogP contribution in [0.2, 0.25) is 0 Å². The molecule has 1 unspecified atom stereocenters. The molecule has 3 aromatic heterocycles. The van der Waals surface area contributed by atoms with Crippen LogP contribution in [0.15, 0.2) is 66.1 Å². The van der Waals surface area contributed by atoms with Gasteiger partial charge in [-0.25, -0.2) is 9.67 Å². The lowest BCUT2D eigenvalue weighted by atomic mass is 10.1. The summed E-state index contributed by atoms with van der Waals surface area (Å²) in [6.07, 6.45) is 7.08. The molecule has 0 aliphatic carbocycles. The van der Waals surface area contributed by atoms with E-state index in [0.717, 1.165) is 22.5 Å². The van der Waals surface area contributed by atoms with E-state index in [4.69, 9.17) is 0 Å². The number of pyridine rings is 1. The van der Waals surface area contributed by atoms with Crippen molar-refractivity contribution in [2.45, 2.75) is 39.9 Å². The number of hydrogen-bond donors (Lipinski definition) is 0. The quantitative estimate of drug-likeness (QED) is 0.501. The van der Waals surface area contributed by atoms with Gasteiger partial charge in [0.05, 0.1) is 17.7 Å². The van der Waals surface area contributed by atoms with E-state index in [1.54, 1.807) is 40.0 Å². The van der Waals surface area contributed by atoms with Crippen molar-refractivity contribution in [3.8, 4) is 11.4 Å². The highest BCUT2D eigenvalue weighted by atomic mass is 16.2. The first-order valence-electron chi connectivity index (χ1n) is 10.6. The molecule has 162 valence electrons. The van der Waals surface area contributed by atoms with Gasteiger partial charge in [-0.05, 0) is 56.2 Å². The van der Waals surface area contributed by atoms with Crippen molar-refractivity contribution < 1.29 is 4.79 Å². The van der Waals surface area contributed by atoms with Crippen molar-refractivity contribution in [2.75, 3.05) is 0 Å². The summed E-state index contributed by atoms with van der Waals surface area (Å²) in [6.45, 7) is 6.80. The molecule has 0 N–H and O–H groups in total. The van der Waals surface area contributed by atoms with E-state index in [1.165, 1.54) is 0 Å². The molecule has 8 nitrogen and oxygen atoms in total. The molecule has 5 rings (SSSR count). The third-order valence-electron chi connectivity index (χ3n) is 5.98. The zero-order valence-corrected chi connectivity index (χ0v) is 18.3. The van der Waals surface area contributed by atoms with Gasteiger partial charge in [-0.2, -0.15) is 5.10 Å². The molecule has 1 atom stereocenters. The molecule has 1 aliphatic heterocycles. The second kappa shape index (κ2) is 7.64. The Morgan fingerprint density at radius 1 is 1.09 bits per heavy atom. The summed E-state index contributed by atoms with van der Waals surface area (Å²) in [5.74, 6) is -0.143. The van der Waals surface area contributed by atoms with Gasteiger partial charge in [-0.15, -0.1) is 0 Å². The monoisotopic (exact) mass is 428 g/mol. The van der Waals surface area contributed by atoms with Gasteiger partial charge in [0.25, 0.3) is 11.5 Å². The molecular formula is C24H24N6O2. The zero-order valence-electron chi connectivity index (χ0n) is 18.3. The molecule has 0 bridgehead atoms. The second-order valence-electron chi connectivity index (χ2n) is 8.30. The highest BCUT2D eigenvalue weighted by Crippen LogP contribution is 2.22. The van der Waals surface area contributed by atoms with Crippen molar-refractivity contribution in [3.63, 3.8) is 0 Å². The summed E-state index contributed by atoms with van der Waals surface area (Å²) >= 11 is 0. The Morgan fingerprint density at radius 3 is 2.66 bits per heavy atom. The van der Waals surface area contributed by atoms with Crippen molar-refractivity contribution >= 4 is 5.91 Å². The van der Waals surface area contributed by atoms with E-state index in [0.29, 0.717) is 24.5 Å². The van der Waals surface area contributed by atoms with Crippen LogP contribution in [0.5, 0.6) is 0 Å². The Morgan fingerprint density at radius 2 is 1.94 bits per heavy atom. The van der Waals surface area contributed by atoms with Gasteiger partial charge in [-0.1, -0.05) is 12.1 Å². The average Bonchev–Trinajstić information content (AvgIpc) is 3.45. The van der Waals surface area contributed by atoms with E-state index < -0.39 is 0 Å². The standard InChI is InChI=1S/C24H24N6O2/c1-16-5-6-19(11-22(16)30-10-4-9-26-30)14-28-18(3)13-29-21(24(28)32)8-7-20(23(29)31)27-12-17(2)25-15-27/h4-12,15,18H,13-14H2,1-3H3. The van der Waals surface area contributed by atoms with Crippen LogP contribution in [0.25, 0.3) is 11.4 Å². The summed E-state index contributed by atoms with van der Waals surface area (Å²) in [5, 5.41) is 4.33. The Bertz CT molecular complexity index is 1370. The predicted octanol–water partition coefficient (Wildman–Crippen LogP) is 2.88. The minimum absolute atomic E-state index is 0.123. The van der Waals surface area contributed by atoms with Crippen LogP contribution in [0.4, 0.5) is 0 Å². The highest BCUT2D eigenvalue weighted by Gasteiger charge is 2.31. The maximum absolute atomic E-state index is 13.3. The molecule has 1 aliphatic rings. The molecule has 4 aromatic rings. The normalized spacial score (nSPS) is 15.8. The number of rotatable bonds is 4. The van der Waals surface area contributed by atoms with Crippen LogP contribution in [0.3, 0.4) is 0 Å². The fraction of sp³-hybridized carbons (Fsp3) is 0.250. The number of imidazole rings is 1. The molecule has 0 spiro atoms. The number of amides is 1. The third-order valence-corrected chi connectivity index (χ3v) is 5.98. The zero-order chi connectivity index (χ0) is 22.4. The number of hydrogen-bond acceptors (Lipinski definition) is 4. The van der Waals surface area contributed by atoms with Crippen molar-refractivity contribution in [3.05, 3.63) is 94.2 Å². The van der Waals surface area contributed by atoms with E-state index in [-0.39, 0.29) is 17.5 Å². The fourth-order valence-corrected chi connectivity index (χ4v) is 4.23. The van der Waals surface area contributed by atoms with Gasteiger partial charge in [-0.3, -0.25) is 9.59 Å². The molecule has 0 saturated heterocycles. The lowest BCUT2D eigenvalue weighted by Crippen LogP contribution is -2.49. The van der Waals surface area contributed by atoms with Crippen LogP contribution in [-0.2, 0) is 13.1 Å². The number of aryl methyl sites for hydroxylation is 2. The van der Waals surface area contributed by atoms with Gasteiger partial charge in [0.2, 0.25) is 0 Å². The van der Waals surface area contributed by atoms with Gasteiger partial charge in [0.15, 0.2) is 0 Å². The van der Waals surface area contributed by atoms with E-state index in [1.807, 2.05) is 54.7 Å². The van der Waals surface area contributed by atoms with Crippen LogP contribution in [0, 0.1) is 13.8 Å². The van der Waals surface area contributed by atoms with Gasteiger partial charge in [0.1, 0.15) is 11.4 Å². The Labute approximate surface area is 185 Å². The maximum Gasteiger partial charge on any atom is 0.275 e. The molecular weight excluding hydrogens is 404 g/mol. The minimum Gasteiger partial charge on any atom is -0.329 e. The Hall–Kier alpha value is -3.94. The van der Waals surface area contributed by atoms with Crippen molar-refractivity contribution in [1.82, 2.24) is 28.8 Å². The summed E-state index contributed by atoms with van der Waals surface area (Å²) in [4.78, 5) is 32.5. The first-order chi connectivity index (χ1) is 15.4. The number of carbonyl (C=O) groups is 1. The van der Waals surface area contributed by atoms with Crippen LogP contribution in [-0.4, -0.2) is 40.7 Å². The molecule has 0 radical (unpaired) electrons. The Balaban J connectivity index is 1.47. The lowest BCUT2D eigenvalue weighted by Gasteiger charge is -2.35. The minimum atomic E-state index is -0.184. The first-order valence-corrected chi connectivity index (χ1v) is 10.6. The number of aromatic nitrogens is 5. The van der Waals surface area contributed by atoms with Gasteiger partial charge < -0.3 is 14.0 Å². The molecule has 1 amide bonds. The molecule has 0 saturated carbocycles. The van der Waals surface area contributed by atoms with Crippen LogP contribution < -0.4 is 5.56 Å². The Kier molecular flexibility index (Phi) is 4.77. The van der Waals surface area contributed by atoms with E-state index in [2.05, 4.69) is 16.1 Å².